The van der Waals surface area contributed by atoms with Gasteiger partial charge in [0.25, 0.3) is 0 Å². The molecule has 1 N–H and O–H groups in total. The molecule has 1 atom stereocenters. The topological polar surface area (TPSA) is 35.1 Å². The summed E-state index contributed by atoms with van der Waals surface area (Å²) in [6.07, 6.45) is 0. The van der Waals surface area contributed by atoms with Crippen LogP contribution in [-0.4, -0.2) is 9.30 Å². The maximum absolute atomic E-state index is 11.9. The fourth-order valence-electron chi connectivity index (χ4n) is 1.62. The molecule has 96 valence electrons. The van der Waals surface area contributed by atoms with Gasteiger partial charge in [0, 0.05) is 11.4 Å². The molecule has 0 fully saturated rings. The van der Waals surface area contributed by atoms with Gasteiger partial charge in [-0.05, 0) is 37.8 Å². The molecule has 3 heteroatoms. The van der Waals surface area contributed by atoms with Crippen LogP contribution in [0.3, 0.4) is 0 Å². The Labute approximate surface area is 108 Å². The molecule has 0 aliphatic rings. The van der Waals surface area contributed by atoms with Crippen molar-refractivity contribution in [2.75, 3.05) is 0 Å². The molecule has 0 bridgehead atoms. The van der Waals surface area contributed by atoms with Crippen molar-refractivity contribution >= 4 is 11.4 Å². The molecule has 0 aromatic heterocycles. The van der Waals surface area contributed by atoms with Crippen LogP contribution in [0.4, 0.5) is 0 Å². The summed E-state index contributed by atoms with van der Waals surface area (Å²) in [5, 5.41) is 0. The zero-order chi connectivity index (χ0) is 13.1. The number of hydrogen-bond acceptors (Lipinski definition) is 2. The van der Waals surface area contributed by atoms with Gasteiger partial charge in [0.2, 0.25) is 0 Å². The van der Waals surface area contributed by atoms with E-state index >= 15 is 0 Å². The van der Waals surface area contributed by atoms with E-state index in [4.69, 9.17) is 0 Å². The Kier molecular flexibility index (Phi) is 5.04. The monoisotopic (exact) mass is 253 g/mol. The van der Waals surface area contributed by atoms with Crippen molar-refractivity contribution in [3.8, 4) is 0 Å². The maximum Gasteiger partial charge on any atom is 0.136 e. The standard InChI is InChI=1S/C14H23NOS/c1-11(2)13-9-7-6-8-12(13)10-15-17(16)14(3,4)5/h6-9,11,15H,10H2,1-5H3. The van der Waals surface area contributed by atoms with Gasteiger partial charge in [-0.1, -0.05) is 38.1 Å². The number of hydrogen-bond donors (Lipinski definition) is 1. The van der Waals surface area contributed by atoms with Gasteiger partial charge in [0.1, 0.15) is 4.75 Å². The predicted molar refractivity (Wildman–Crippen MR) is 75.3 cm³/mol. The lowest BCUT2D eigenvalue weighted by Gasteiger charge is -2.24. The molecule has 2 nitrogen and oxygen atoms in total. The van der Waals surface area contributed by atoms with Gasteiger partial charge in [0.15, 0.2) is 0 Å². The van der Waals surface area contributed by atoms with Gasteiger partial charge in [-0.3, -0.25) is 0 Å². The van der Waals surface area contributed by atoms with Crippen molar-refractivity contribution in [2.45, 2.75) is 51.8 Å². The zero-order valence-electron chi connectivity index (χ0n) is 11.4. The first-order chi connectivity index (χ1) is 7.82. The third-order valence-corrected chi connectivity index (χ3v) is 4.15. The summed E-state index contributed by atoms with van der Waals surface area (Å²) in [4.78, 5) is 0. The molecule has 1 aromatic carbocycles. The lowest BCUT2D eigenvalue weighted by atomic mass is 9.97. The molecule has 0 aliphatic heterocycles. The average Bonchev–Trinajstić information content (AvgIpc) is 2.24. The molecule has 0 amide bonds. The zero-order valence-corrected chi connectivity index (χ0v) is 12.2. The first kappa shape index (κ1) is 14.6. The van der Waals surface area contributed by atoms with Gasteiger partial charge in [-0.2, -0.15) is 0 Å². The van der Waals surface area contributed by atoms with Crippen LogP contribution in [0.2, 0.25) is 0 Å². The predicted octanol–water partition coefficient (Wildman–Crippen LogP) is 3.36. The van der Waals surface area contributed by atoms with E-state index in [-0.39, 0.29) is 4.75 Å². The van der Waals surface area contributed by atoms with Crippen molar-refractivity contribution < 1.29 is 4.55 Å². The smallest absolute Gasteiger partial charge is 0.136 e. The van der Waals surface area contributed by atoms with E-state index in [0.29, 0.717) is 12.5 Å². The lowest BCUT2D eigenvalue weighted by molar-refractivity contribution is 0.543. The van der Waals surface area contributed by atoms with Crippen molar-refractivity contribution in [2.24, 2.45) is 0 Å². The van der Waals surface area contributed by atoms with Crippen molar-refractivity contribution in [3.63, 3.8) is 0 Å². The van der Waals surface area contributed by atoms with Crippen molar-refractivity contribution in [1.29, 1.82) is 0 Å². The summed E-state index contributed by atoms with van der Waals surface area (Å²) in [6.45, 7) is 11.0. The van der Waals surface area contributed by atoms with Gasteiger partial charge in [0.05, 0.1) is 6.54 Å². The molecule has 0 saturated carbocycles. The summed E-state index contributed by atoms with van der Waals surface area (Å²) < 4.78 is 14.8. The first-order valence-corrected chi connectivity index (χ1v) is 7.20. The highest BCUT2D eigenvalue weighted by atomic mass is 32.2. The Morgan fingerprint density at radius 3 is 2.35 bits per heavy atom. The number of rotatable bonds is 4. The Morgan fingerprint density at radius 1 is 1.24 bits per heavy atom. The van der Waals surface area contributed by atoms with Crippen LogP contribution in [-0.2, 0) is 17.9 Å². The van der Waals surface area contributed by atoms with Gasteiger partial charge < -0.3 is 4.55 Å². The largest absolute Gasteiger partial charge is 0.598 e. The number of benzene rings is 1. The minimum absolute atomic E-state index is 0.216. The molecule has 17 heavy (non-hydrogen) atoms. The Bertz CT molecular complexity index is 357. The molecule has 0 spiro atoms. The fourth-order valence-corrected chi connectivity index (χ4v) is 2.34. The van der Waals surface area contributed by atoms with Crippen LogP contribution in [0.5, 0.6) is 0 Å². The molecule has 0 radical (unpaired) electrons. The highest BCUT2D eigenvalue weighted by Gasteiger charge is 2.26. The highest BCUT2D eigenvalue weighted by Crippen LogP contribution is 2.20. The van der Waals surface area contributed by atoms with Crippen LogP contribution in [0, 0.1) is 0 Å². The summed E-state index contributed by atoms with van der Waals surface area (Å²) in [7, 11) is 0. The second-order valence-electron chi connectivity index (χ2n) is 5.56. The van der Waals surface area contributed by atoms with Crippen LogP contribution in [0.15, 0.2) is 24.3 Å². The normalized spacial score (nSPS) is 14.1. The SMILES string of the molecule is CC(C)c1ccccc1CN[S+]([O-])C(C)(C)C. The first-order valence-electron chi connectivity index (χ1n) is 6.05. The molecule has 0 aliphatic carbocycles. The van der Waals surface area contributed by atoms with Crippen molar-refractivity contribution in [1.82, 2.24) is 4.72 Å². The van der Waals surface area contributed by atoms with Crippen LogP contribution >= 0.6 is 0 Å². The van der Waals surface area contributed by atoms with E-state index in [1.54, 1.807) is 0 Å². The Morgan fingerprint density at radius 2 is 1.82 bits per heavy atom. The van der Waals surface area contributed by atoms with Gasteiger partial charge >= 0.3 is 0 Å². The third kappa shape index (κ3) is 4.34. The molecular formula is C14H23NOS. The quantitative estimate of drug-likeness (QED) is 0.835. The minimum Gasteiger partial charge on any atom is -0.598 e. The van der Waals surface area contributed by atoms with Crippen LogP contribution < -0.4 is 4.72 Å². The average molecular weight is 253 g/mol. The maximum atomic E-state index is 11.9. The lowest BCUT2D eigenvalue weighted by Crippen LogP contribution is -2.39. The minimum atomic E-state index is -1.01. The van der Waals surface area contributed by atoms with Crippen LogP contribution in [0.25, 0.3) is 0 Å². The summed E-state index contributed by atoms with van der Waals surface area (Å²) >= 11 is -1.01. The number of nitrogens with one attached hydrogen (secondary N) is 1. The second-order valence-corrected chi connectivity index (χ2v) is 7.61. The van der Waals surface area contributed by atoms with E-state index in [9.17, 15) is 4.55 Å². The second kappa shape index (κ2) is 5.89. The molecular weight excluding hydrogens is 230 g/mol. The molecule has 0 heterocycles. The van der Waals surface area contributed by atoms with E-state index in [1.165, 1.54) is 11.1 Å². The van der Waals surface area contributed by atoms with E-state index in [2.05, 4.69) is 36.8 Å². The van der Waals surface area contributed by atoms with Gasteiger partial charge in [-0.25, -0.2) is 0 Å². The van der Waals surface area contributed by atoms with E-state index in [1.807, 2.05) is 26.8 Å². The van der Waals surface area contributed by atoms with Crippen LogP contribution in [0.1, 0.15) is 51.7 Å². The highest BCUT2D eigenvalue weighted by molar-refractivity contribution is 7.90. The van der Waals surface area contributed by atoms with Crippen molar-refractivity contribution in [3.05, 3.63) is 35.4 Å². The fraction of sp³-hybridized carbons (Fsp3) is 0.571. The summed E-state index contributed by atoms with van der Waals surface area (Å²) in [5.74, 6) is 0.496. The molecule has 1 rings (SSSR count). The van der Waals surface area contributed by atoms with Gasteiger partial charge in [-0.15, -0.1) is 4.72 Å². The van der Waals surface area contributed by atoms with E-state index < -0.39 is 11.4 Å². The molecule has 0 saturated heterocycles. The summed E-state index contributed by atoms with van der Waals surface area (Å²) in [6, 6.07) is 8.33. The molecule has 1 aromatic rings. The van der Waals surface area contributed by atoms with E-state index in [0.717, 1.165) is 0 Å². The molecule has 1 unspecified atom stereocenters. The Balaban J connectivity index is 2.70. The third-order valence-electron chi connectivity index (χ3n) is 2.63. The Hall–Kier alpha value is -0.510. The summed E-state index contributed by atoms with van der Waals surface area (Å²) in [5.41, 5.74) is 2.56.